The number of nitrogens with zero attached hydrogens (tertiary/aromatic N) is 4. The second-order valence-corrected chi connectivity index (χ2v) is 7.21. The van der Waals surface area contributed by atoms with E-state index in [9.17, 15) is 0 Å². The first-order valence-electron chi connectivity index (χ1n) is 8.76. The van der Waals surface area contributed by atoms with Gasteiger partial charge in [-0.1, -0.05) is 11.2 Å². The van der Waals surface area contributed by atoms with Crippen LogP contribution >= 0.6 is 0 Å². The molecule has 0 atom stereocenters. The summed E-state index contributed by atoms with van der Waals surface area (Å²) in [5.74, 6) is 2.36. The van der Waals surface area contributed by atoms with E-state index < -0.39 is 0 Å². The number of nitrogens with one attached hydrogen (secondary N) is 1. The molecule has 6 nitrogen and oxygen atoms in total. The number of para-hydroxylation sites is 1. The maximum atomic E-state index is 5.76. The van der Waals surface area contributed by atoms with E-state index in [1.165, 1.54) is 25.9 Å². The molecule has 2 aliphatic heterocycles. The maximum absolute atomic E-state index is 5.76. The van der Waals surface area contributed by atoms with Crippen molar-refractivity contribution in [3.05, 3.63) is 29.9 Å². The highest BCUT2D eigenvalue weighted by atomic mass is 16.5. The first kappa shape index (κ1) is 14.2. The minimum atomic E-state index is 0.0527. The Morgan fingerprint density at radius 2 is 2.00 bits per heavy atom. The van der Waals surface area contributed by atoms with Crippen LogP contribution in [0.4, 0.5) is 0 Å². The normalized spacial score (nSPS) is 26.8. The lowest BCUT2D eigenvalue weighted by Crippen LogP contribution is -2.50. The van der Waals surface area contributed by atoms with Crippen LogP contribution in [0.1, 0.15) is 37.4 Å². The number of hydrogen-bond donors (Lipinski definition) is 1. The lowest BCUT2D eigenvalue weighted by molar-refractivity contribution is 0.0711. The highest BCUT2D eigenvalue weighted by Crippen LogP contribution is 2.41. The van der Waals surface area contributed by atoms with Crippen molar-refractivity contribution in [1.82, 2.24) is 25.0 Å². The van der Waals surface area contributed by atoms with Crippen molar-refractivity contribution in [1.29, 1.82) is 0 Å². The molecule has 124 valence electrons. The number of H-pyrrole nitrogens is 1. The highest BCUT2D eigenvalue weighted by molar-refractivity contribution is 5.89. The van der Waals surface area contributed by atoms with Gasteiger partial charge < -0.3 is 14.4 Å². The summed E-state index contributed by atoms with van der Waals surface area (Å²) in [7, 11) is 0. The van der Waals surface area contributed by atoms with Crippen LogP contribution in [0.2, 0.25) is 0 Å². The number of fused-ring (bicyclic) bond motifs is 3. The van der Waals surface area contributed by atoms with Crippen molar-refractivity contribution in [3.8, 4) is 11.4 Å². The van der Waals surface area contributed by atoms with E-state index in [1.807, 2.05) is 25.1 Å². The molecule has 0 unspecified atom stereocenters. The molecule has 0 saturated carbocycles. The maximum Gasteiger partial charge on any atom is 0.234 e. The molecule has 2 bridgehead atoms. The Kier molecular flexibility index (Phi) is 3.03. The fourth-order valence-corrected chi connectivity index (χ4v) is 4.43. The van der Waals surface area contributed by atoms with Crippen LogP contribution in [0.15, 0.2) is 22.7 Å². The predicted molar refractivity (Wildman–Crippen MR) is 90.7 cm³/mol. The SMILES string of the molecule is Cc1nc2c(-c3noc(C45CCCN(CCC4)C5)n3)cccc2[nH]1. The van der Waals surface area contributed by atoms with E-state index in [2.05, 4.69) is 20.0 Å². The summed E-state index contributed by atoms with van der Waals surface area (Å²) in [5, 5.41) is 4.30. The molecule has 0 aliphatic carbocycles. The van der Waals surface area contributed by atoms with Gasteiger partial charge in [-0.25, -0.2) is 4.98 Å². The molecular formula is C18H21N5O. The third kappa shape index (κ3) is 2.09. The average molecular weight is 323 g/mol. The molecule has 5 rings (SSSR count). The number of benzene rings is 1. The summed E-state index contributed by atoms with van der Waals surface area (Å²) >= 11 is 0. The Balaban J connectivity index is 1.57. The minimum Gasteiger partial charge on any atom is -0.342 e. The van der Waals surface area contributed by atoms with Gasteiger partial charge in [-0.2, -0.15) is 4.98 Å². The van der Waals surface area contributed by atoms with Crippen LogP contribution in [0.3, 0.4) is 0 Å². The van der Waals surface area contributed by atoms with Gasteiger partial charge in [0.2, 0.25) is 11.7 Å². The Bertz CT molecular complexity index is 886. The van der Waals surface area contributed by atoms with Gasteiger partial charge in [0.25, 0.3) is 0 Å². The van der Waals surface area contributed by atoms with Crippen molar-refractivity contribution in [2.45, 2.75) is 38.0 Å². The quantitative estimate of drug-likeness (QED) is 0.785. The largest absolute Gasteiger partial charge is 0.342 e. The number of aryl methyl sites for hydroxylation is 1. The highest BCUT2D eigenvalue weighted by Gasteiger charge is 2.44. The lowest BCUT2D eigenvalue weighted by Gasteiger charge is -2.44. The molecule has 0 amide bonds. The molecule has 4 heterocycles. The molecule has 0 radical (unpaired) electrons. The van der Waals surface area contributed by atoms with E-state index in [-0.39, 0.29) is 5.41 Å². The van der Waals surface area contributed by atoms with Crippen molar-refractivity contribution in [2.75, 3.05) is 19.6 Å². The monoisotopic (exact) mass is 323 g/mol. The van der Waals surface area contributed by atoms with Crippen LogP contribution < -0.4 is 0 Å². The number of piperidine rings is 2. The van der Waals surface area contributed by atoms with E-state index in [0.717, 1.165) is 47.7 Å². The number of imidazole rings is 1. The van der Waals surface area contributed by atoms with Gasteiger partial charge in [0.1, 0.15) is 5.82 Å². The molecule has 1 aromatic carbocycles. The first-order chi connectivity index (χ1) is 11.7. The first-order valence-corrected chi connectivity index (χ1v) is 8.76. The topological polar surface area (TPSA) is 70.8 Å². The third-order valence-corrected chi connectivity index (χ3v) is 5.54. The molecule has 6 heteroatoms. The standard InChI is InChI=1S/C18H21N5O/c1-12-19-14-6-2-5-13(15(14)20-12)16-21-17(24-22-16)18-7-3-9-23(11-18)10-4-8-18/h2,5-6H,3-4,7-11H2,1H3,(H,19,20). The second-order valence-electron chi connectivity index (χ2n) is 7.21. The summed E-state index contributed by atoms with van der Waals surface area (Å²) in [6, 6.07) is 6.05. The fraction of sp³-hybridized carbons (Fsp3) is 0.500. The Morgan fingerprint density at radius 1 is 1.17 bits per heavy atom. The molecule has 2 aromatic heterocycles. The zero-order valence-corrected chi connectivity index (χ0v) is 13.9. The van der Waals surface area contributed by atoms with Crippen molar-refractivity contribution in [2.24, 2.45) is 0 Å². The Morgan fingerprint density at radius 3 is 2.83 bits per heavy atom. The Labute approximate surface area is 140 Å². The van der Waals surface area contributed by atoms with Gasteiger partial charge in [-0.05, 0) is 57.8 Å². The summed E-state index contributed by atoms with van der Waals surface area (Å²) in [5.41, 5.74) is 2.91. The molecule has 3 aromatic rings. The smallest absolute Gasteiger partial charge is 0.234 e. The molecule has 2 saturated heterocycles. The van der Waals surface area contributed by atoms with Gasteiger partial charge in [0, 0.05) is 6.54 Å². The zero-order valence-electron chi connectivity index (χ0n) is 13.9. The number of hydrogen-bond acceptors (Lipinski definition) is 5. The minimum absolute atomic E-state index is 0.0527. The molecular weight excluding hydrogens is 302 g/mol. The van der Waals surface area contributed by atoms with E-state index in [0.29, 0.717) is 5.82 Å². The van der Waals surface area contributed by atoms with Gasteiger partial charge in [-0.15, -0.1) is 0 Å². The predicted octanol–water partition coefficient (Wildman–Crippen LogP) is 3.05. The molecule has 0 spiro atoms. The lowest BCUT2D eigenvalue weighted by atomic mass is 9.73. The summed E-state index contributed by atoms with van der Waals surface area (Å²) in [6.45, 7) is 5.42. The molecule has 1 N–H and O–H groups in total. The average Bonchev–Trinajstić information content (AvgIpc) is 3.20. The van der Waals surface area contributed by atoms with Crippen molar-refractivity contribution in [3.63, 3.8) is 0 Å². The van der Waals surface area contributed by atoms with Crippen molar-refractivity contribution >= 4 is 11.0 Å². The van der Waals surface area contributed by atoms with Crippen LogP contribution in [0.5, 0.6) is 0 Å². The van der Waals surface area contributed by atoms with E-state index >= 15 is 0 Å². The second kappa shape index (κ2) is 5.14. The van der Waals surface area contributed by atoms with Gasteiger partial charge >= 0.3 is 0 Å². The van der Waals surface area contributed by atoms with Crippen LogP contribution in [-0.2, 0) is 5.41 Å². The van der Waals surface area contributed by atoms with E-state index in [1.54, 1.807) is 0 Å². The molecule has 2 fully saturated rings. The van der Waals surface area contributed by atoms with Gasteiger partial charge in [-0.3, -0.25) is 0 Å². The third-order valence-electron chi connectivity index (χ3n) is 5.54. The van der Waals surface area contributed by atoms with Crippen LogP contribution in [0.25, 0.3) is 22.4 Å². The Hall–Kier alpha value is -2.21. The molecule has 2 aliphatic rings. The number of rotatable bonds is 2. The number of aromatic amines is 1. The molecule has 24 heavy (non-hydrogen) atoms. The van der Waals surface area contributed by atoms with Crippen LogP contribution in [-0.4, -0.2) is 44.6 Å². The number of aromatic nitrogens is 4. The summed E-state index contributed by atoms with van der Waals surface area (Å²) < 4.78 is 5.76. The van der Waals surface area contributed by atoms with Gasteiger partial charge in [0.15, 0.2) is 0 Å². The zero-order chi connectivity index (χ0) is 16.1. The van der Waals surface area contributed by atoms with Gasteiger partial charge in [0.05, 0.1) is 22.0 Å². The van der Waals surface area contributed by atoms with Crippen molar-refractivity contribution < 1.29 is 4.52 Å². The van der Waals surface area contributed by atoms with E-state index in [4.69, 9.17) is 9.51 Å². The summed E-state index contributed by atoms with van der Waals surface area (Å²) in [6.07, 6.45) is 4.73. The summed E-state index contributed by atoms with van der Waals surface area (Å²) in [4.78, 5) is 15.2. The fourth-order valence-electron chi connectivity index (χ4n) is 4.43. The van der Waals surface area contributed by atoms with Crippen LogP contribution in [0, 0.1) is 6.92 Å².